The molecule has 4 rings (SSSR count). The number of nitrogens with zero attached hydrogens (tertiary/aromatic N) is 2. The van der Waals surface area contributed by atoms with Gasteiger partial charge in [0.15, 0.2) is 0 Å². The number of carbonyl (C=O) groups excluding carboxylic acids is 1. The van der Waals surface area contributed by atoms with Crippen molar-refractivity contribution < 1.29 is 27.4 Å². The van der Waals surface area contributed by atoms with Gasteiger partial charge in [-0.3, -0.25) is 4.79 Å². The van der Waals surface area contributed by atoms with Gasteiger partial charge in [-0.15, -0.1) is 0 Å². The lowest BCUT2D eigenvalue weighted by Crippen LogP contribution is -2.42. The molecule has 2 aromatic carbocycles. The number of amides is 1. The molecule has 0 radical (unpaired) electrons. The van der Waals surface area contributed by atoms with Crippen molar-refractivity contribution in [3.63, 3.8) is 0 Å². The number of rotatable bonds is 9. The van der Waals surface area contributed by atoms with E-state index in [0.29, 0.717) is 35.4 Å². The first-order valence-corrected chi connectivity index (χ1v) is 10.7. The lowest BCUT2D eigenvalue weighted by Gasteiger charge is -2.22. The number of aromatic nitrogens is 2. The first kappa shape index (κ1) is 24.1. The van der Waals surface area contributed by atoms with E-state index in [2.05, 4.69) is 27.2 Å². The number of hydrogen-bond acceptors (Lipinski definition) is 6. The molecule has 0 unspecified atom stereocenters. The lowest BCUT2D eigenvalue weighted by atomic mass is 10.1. The van der Waals surface area contributed by atoms with Gasteiger partial charge < -0.3 is 20.1 Å². The van der Waals surface area contributed by atoms with Gasteiger partial charge in [-0.05, 0) is 54.8 Å². The van der Waals surface area contributed by atoms with E-state index in [-0.39, 0.29) is 24.0 Å². The summed E-state index contributed by atoms with van der Waals surface area (Å²) in [6.07, 6.45) is 0.859. The normalized spacial score (nSPS) is 14.1. The molecular weight excluding hydrogens is 461 g/mol. The number of alkyl halides is 3. The van der Waals surface area contributed by atoms with E-state index in [4.69, 9.17) is 9.47 Å². The maximum atomic E-state index is 13.8. The highest BCUT2D eigenvalue weighted by atomic mass is 19.4. The van der Waals surface area contributed by atoms with Crippen LogP contribution in [0.5, 0.6) is 17.2 Å². The Morgan fingerprint density at radius 3 is 2.34 bits per heavy atom. The summed E-state index contributed by atoms with van der Waals surface area (Å²) < 4.78 is 51.8. The molecule has 1 aliphatic rings. The largest absolute Gasteiger partial charge is 0.497 e. The van der Waals surface area contributed by atoms with Gasteiger partial charge in [0.2, 0.25) is 0 Å². The Morgan fingerprint density at radius 1 is 1.09 bits per heavy atom. The number of carbonyl (C=O) groups is 1. The summed E-state index contributed by atoms with van der Waals surface area (Å²) in [5.74, 6) is 0.175. The summed E-state index contributed by atoms with van der Waals surface area (Å²) in [5.41, 5.74) is -0.323. The van der Waals surface area contributed by atoms with Crippen LogP contribution in [0.15, 0.2) is 73.5 Å². The second kappa shape index (κ2) is 9.65. The summed E-state index contributed by atoms with van der Waals surface area (Å²) in [4.78, 5) is 20.1. The van der Waals surface area contributed by atoms with Crippen molar-refractivity contribution in [3.05, 3.63) is 90.2 Å². The van der Waals surface area contributed by atoms with Crippen LogP contribution in [0, 0.1) is 0 Å². The number of benzene rings is 2. The standard InChI is InChI=1S/C25H23F3N4O3/c1-16(24(9-10-24)32-23(33)18-13-29-15-30-14-18)31-12-17-3-8-22(21(11-17)25(26,27)28)35-20-6-4-19(34-2)5-7-20/h3-8,11,13-15,31H,1,9-10,12H2,2H3,(H,32,33). The fraction of sp³-hybridized carbons (Fsp3) is 0.240. The number of methoxy groups -OCH3 is 1. The van der Waals surface area contributed by atoms with E-state index in [1.807, 2.05) is 0 Å². The van der Waals surface area contributed by atoms with Crippen LogP contribution >= 0.6 is 0 Å². The second-order valence-electron chi connectivity index (χ2n) is 8.10. The molecule has 1 aliphatic carbocycles. The van der Waals surface area contributed by atoms with Crippen LogP contribution in [0.25, 0.3) is 0 Å². The van der Waals surface area contributed by atoms with Gasteiger partial charge in [0, 0.05) is 24.6 Å². The highest BCUT2D eigenvalue weighted by molar-refractivity contribution is 5.94. The van der Waals surface area contributed by atoms with Gasteiger partial charge in [0.1, 0.15) is 23.6 Å². The third kappa shape index (κ3) is 5.71. The summed E-state index contributed by atoms with van der Waals surface area (Å²) in [7, 11) is 1.50. The van der Waals surface area contributed by atoms with E-state index in [1.54, 1.807) is 18.2 Å². The Balaban J connectivity index is 1.43. The van der Waals surface area contributed by atoms with Gasteiger partial charge in [-0.25, -0.2) is 9.97 Å². The van der Waals surface area contributed by atoms with Gasteiger partial charge in [-0.1, -0.05) is 12.6 Å². The van der Waals surface area contributed by atoms with E-state index in [0.717, 1.165) is 6.07 Å². The van der Waals surface area contributed by atoms with Crippen LogP contribution in [0.2, 0.25) is 0 Å². The Kier molecular flexibility index (Phi) is 6.63. The smallest absolute Gasteiger partial charge is 0.419 e. The fourth-order valence-corrected chi connectivity index (χ4v) is 3.48. The number of nitrogens with one attached hydrogen (secondary N) is 2. The SMILES string of the molecule is C=C(NCc1ccc(Oc2ccc(OC)cc2)c(C(F)(F)F)c1)C1(NC(=O)c2cncnc2)CC1. The first-order valence-electron chi connectivity index (χ1n) is 10.7. The summed E-state index contributed by atoms with van der Waals surface area (Å²) in [5, 5.41) is 5.97. The monoisotopic (exact) mass is 484 g/mol. The topological polar surface area (TPSA) is 85.4 Å². The third-order valence-corrected chi connectivity index (χ3v) is 5.65. The summed E-state index contributed by atoms with van der Waals surface area (Å²) >= 11 is 0. The minimum atomic E-state index is -4.61. The molecule has 0 saturated heterocycles. The molecule has 1 heterocycles. The second-order valence-corrected chi connectivity index (χ2v) is 8.10. The zero-order valence-electron chi connectivity index (χ0n) is 18.9. The molecule has 0 aliphatic heterocycles. The van der Waals surface area contributed by atoms with E-state index >= 15 is 0 Å². The molecule has 7 nitrogen and oxygen atoms in total. The average Bonchev–Trinajstić information content (AvgIpc) is 3.64. The van der Waals surface area contributed by atoms with Crippen molar-refractivity contribution in [1.82, 2.24) is 20.6 Å². The van der Waals surface area contributed by atoms with Crippen LogP contribution in [-0.4, -0.2) is 28.5 Å². The number of hydrogen-bond donors (Lipinski definition) is 2. The molecular formula is C25H23F3N4O3. The zero-order valence-corrected chi connectivity index (χ0v) is 18.9. The van der Waals surface area contributed by atoms with Crippen LogP contribution in [0.3, 0.4) is 0 Å². The maximum Gasteiger partial charge on any atom is 0.419 e. The molecule has 1 saturated carbocycles. The molecule has 1 amide bonds. The minimum absolute atomic E-state index is 0.0940. The molecule has 3 aromatic rings. The molecule has 0 spiro atoms. The first-order chi connectivity index (χ1) is 16.7. The van der Waals surface area contributed by atoms with E-state index in [9.17, 15) is 18.0 Å². The molecule has 0 atom stereocenters. The lowest BCUT2D eigenvalue weighted by molar-refractivity contribution is -0.138. The summed E-state index contributed by atoms with van der Waals surface area (Å²) in [6.45, 7) is 4.09. The van der Waals surface area contributed by atoms with Crippen molar-refractivity contribution in [1.29, 1.82) is 0 Å². The Hall–Kier alpha value is -4.08. The molecule has 182 valence electrons. The molecule has 1 aromatic heterocycles. The van der Waals surface area contributed by atoms with E-state index in [1.165, 1.54) is 44.0 Å². The van der Waals surface area contributed by atoms with Crippen LogP contribution in [0.1, 0.15) is 34.3 Å². The van der Waals surface area contributed by atoms with Crippen molar-refractivity contribution in [2.24, 2.45) is 0 Å². The van der Waals surface area contributed by atoms with Crippen molar-refractivity contribution >= 4 is 5.91 Å². The quantitative estimate of drug-likeness (QED) is 0.451. The van der Waals surface area contributed by atoms with Gasteiger partial charge in [0.05, 0.1) is 23.8 Å². The summed E-state index contributed by atoms with van der Waals surface area (Å²) in [6, 6.07) is 10.1. The molecule has 0 bridgehead atoms. The average molecular weight is 484 g/mol. The number of ether oxygens (including phenoxy) is 2. The van der Waals surface area contributed by atoms with Gasteiger partial charge >= 0.3 is 6.18 Å². The maximum absolute atomic E-state index is 13.8. The van der Waals surface area contributed by atoms with Crippen LogP contribution < -0.4 is 20.1 Å². The predicted octanol–water partition coefficient (Wildman–Crippen LogP) is 4.86. The highest BCUT2D eigenvalue weighted by Gasteiger charge is 2.47. The zero-order chi connectivity index (χ0) is 25.1. The van der Waals surface area contributed by atoms with Crippen molar-refractivity contribution in [2.75, 3.05) is 7.11 Å². The van der Waals surface area contributed by atoms with Crippen LogP contribution in [-0.2, 0) is 12.7 Å². The fourth-order valence-electron chi connectivity index (χ4n) is 3.48. The Morgan fingerprint density at radius 2 is 1.74 bits per heavy atom. The van der Waals surface area contributed by atoms with Gasteiger partial charge in [-0.2, -0.15) is 13.2 Å². The highest BCUT2D eigenvalue weighted by Crippen LogP contribution is 2.41. The van der Waals surface area contributed by atoms with Crippen molar-refractivity contribution in [3.8, 4) is 17.2 Å². The van der Waals surface area contributed by atoms with E-state index < -0.39 is 17.3 Å². The minimum Gasteiger partial charge on any atom is -0.497 e. The number of halogens is 3. The van der Waals surface area contributed by atoms with Crippen LogP contribution in [0.4, 0.5) is 13.2 Å². The van der Waals surface area contributed by atoms with Crippen molar-refractivity contribution in [2.45, 2.75) is 31.1 Å². The third-order valence-electron chi connectivity index (χ3n) is 5.65. The Bertz CT molecular complexity index is 1210. The molecule has 2 N–H and O–H groups in total. The predicted molar refractivity (Wildman–Crippen MR) is 122 cm³/mol. The van der Waals surface area contributed by atoms with Gasteiger partial charge in [0.25, 0.3) is 5.91 Å². The molecule has 10 heteroatoms. The molecule has 35 heavy (non-hydrogen) atoms. The molecule has 1 fully saturated rings. The Labute approximate surface area is 200 Å².